The highest BCUT2D eigenvalue weighted by Crippen LogP contribution is 2.30. The summed E-state index contributed by atoms with van der Waals surface area (Å²) in [5, 5.41) is 11.8. The van der Waals surface area contributed by atoms with Gasteiger partial charge in [-0.05, 0) is 35.9 Å². The van der Waals surface area contributed by atoms with Crippen LogP contribution in [0.4, 0.5) is 0 Å². The molecule has 0 aliphatic heterocycles. The number of carbonyl (C=O) groups is 1. The third kappa shape index (κ3) is 2.34. The van der Waals surface area contributed by atoms with E-state index >= 15 is 0 Å². The van der Waals surface area contributed by atoms with Crippen molar-refractivity contribution in [3.05, 3.63) is 47.7 Å². The summed E-state index contributed by atoms with van der Waals surface area (Å²) in [6.45, 7) is 2.14. The van der Waals surface area contributed by atoms with E-state index in [1.807, 2.05) is 24.3 Å². The van der Waals surface area contributed by atoms with E-state index in [4.69, 9.17) is 14.4 Å². The van der Waals surface area contributed by atoms with Gasteiger partial charge in [0.1, 0.15) is 5.58 Å². The summed E-state index contributed by atoms with van der Waals surface area (Å²) in [5.41, 5.74) is 2.14. The van der Waals surface area contributed by atoms with Crippen LogP contribution in [0.2, 0.25) is 0 Å². The van der Waals surface area contributed by atoms with Gasteiger partial charge in [-0.2, -0.15) is 5.26 Å². The van der Waals surface area contributed by atoms with Crippen molar-refractivity contribution in [1.29, 1.82) is 5.26 Å². The van der Waals surface area contributed by atoms with E-state index in [1.165, 1.54) is 0 Å². The van der Waals surface area contributed by atoms with Gasteiger partial charge in [-0.25, -0.2) is 0 Å². The van der Waals surface area contributed by atoms with E-state index in [0.29, 0.717) is 12.2 Å². The third-order valence-corrected chi connectivity index (χ3v) is 3.40. The molecule has 0 spiro atoms. The van der Waals surface area contributed by atoms with Crippen LogP contribution in [0.1, 0.15) is 18.1 Å². The number of hydrogen-bond donors (Lipinski definition) is 0. The molecule has 3 rings (SSSR count). The summed E-state index contributed by atoms with van der Waals surface area (Å²) in [5.74, 6) is -0.272. The fourth-order valence-electron chi connectivity index (χ4n) is 2.50. The average molecular weight is 279 g/mol. The molecule has 0 radical (unpaired) electrons. The Kier molecular flexibility index (Phi) is 3.33. The predicted molar refractivity (Wildman–Crippen MR) is 78.8 cm³/mol. The maximum absolute atomic E-state index is 11.7. The second-order valence-corrected chi connectivity index (χ2v) is 4.73. The molecule has 1 aromatic heterocycles. The van der Waals surface area contributed by atoms with Gasteiger partial charge >= 0.3 is 5.97 Å². The molecule has 21 heavy (non-hydrogen) atoms. The molecule has 104 valence electrons. The van der Waals surface area contributed by atoms with Gasteiger partial charge in [0.25, 0.3) is 0 Å². The van der Waals surface area contributed by atoms with Gasteiger partial charge in [0.05, 0.1) is 30.9 Å². The van der Waals surface area contributed by atoms with Crippen molar-refractivity contribution in [3.63, 3.8) is 0 Å². The number of nitrogens with zero attached hydrogens (tertiary/aromatic N) is 1. The summed E-state index contributed by atoms with van der Waals surface area (Å²) in [4.78, 5) is 11.7. The van der Waals surface area contributed by atoms with E-state index in [9.17, 15) is 4.79 Å². The largest absolute Gasteiger partial charge is 0.466 e. The molecule has 0 N–H and O–H groups in total. The van der Waals surface area contributed by atoms with Gasteiger partial charge < -0.3 is 9.15 Å². The number of furan rings is 1. The van der Waals surface area contributed by atoms with Crippen LogP contribution in [-0.4, -0.2) is 12.6 Å². The number of hydrogen-bond acceptors (Lipinski definition) is 4. The highest BCUT2D eigenvalue weighted by molar-refractivity contribution is 6.08. The van der Waals surface area contributed by atoms with Crippen molar-refractivity contribution < 1.29 is 13.9 Å². The van der Waals surface area contributed by atoms with Gasteiger partial charge in [-0.3, -0.25) is 4.79 Å². The predicted octanol–water partition coefficient (Wildman–Crippen LogP) is 3.56. The highest BCUT2D eigenvalue weighted by atomic mass is 16.5. The van der Waals surface area contributed by atoms with Gasteiger partial charge in [0, 0.05) is 10.9 Å². The van der Waals surface area contributed by atoms with Crippen LogP contribution in [-0.2, 0) is 16.0 Å². The topological polar surface area (TPSA) is 63.2 Å². The lowest BCUT2D eigenvalue weighted by molar-refractivity contribution is -0.142. The lowest BCUT2D eigenvalue weighted by Crippen LogP contribution is -2.06. The smallest absolute Gasteiger partial charge is 0.310 e. The molecule has 4 nitrogen and oxygen atoms in total. The molecule has 0 saturated heterocycles. The van der Waals surface area contributed by atoms with E-state index < -0.39 is 0 Å². The van der Waals surface area contributed by atoms with Gasteiger partial charge in [0.15, 0.2) is 0 Å². The van der Waals surface area contributed by atoms with Crippen LogP contribution in [0.3, 0.4) is 0 Å². The first kappa shape index (κ1) is 13.2. The Morgan fingerprint density at radius 2 is 2.19 bits per heavy atom. The number of fused-ring (bicyclic) bond motifs is 3. The van der Waals surface area contributed by atoms with Crippen molar-refractivity contribution in [2.45, 2.75) is 13.3 Å². The molecule has 0 amide bonds. The number of benzene rings is 2. The van der Waals surface area contributed by atoms with Gasteiger partial charge in [0.2, 0.25) is 0 Å². The number of nitriles is 1. The minimum atomic E-state index is -0.272. The fourth-order valence-corrected chi connectivity index (χ4v) is 2.50. The Bertz CT molecular complexity index is 871. The molecule has 0 fully saturated rings. The first-order chi connectivity index (χ1) is 10.2. The van der Waals surface area contributed by atoms with E-state index in [-0.39, 0.29) is 12.4 Å². The lowest BCUT2D eigenvalue weighted by atomic mass is 10.0. The van der Waals surface area contributed by atoms with Gasteiger partial charge in [-0.1, -0.05) is 12.1 Å². The average Bonchev–Trinajstić information content (AvgIpc) is 2.90. The molecule has 0 bridgehead atoms. The maximum atomic E-state index is 11.7. The molecule has 3 aromatic rings. The third-order valence-electron chi connectivity index (χ3n) is 3.40. The zero-order valence-corrected chi connectivity index (χ0v) is 11.6. The molecular formula is C17H13NO3. The first-order valence-corrected chi connectivity index (χ1v) is 6.71. The van der Waals surface area contributed by atoms with Crippen molar-refractivity contribution >= 4 is 27.7 Å². The van der Waals surface area contributed by atoms with Crippen molar-refractivity contribution in [2.75, 3.05) is 6.61 Å². The molecule has 0 atom stereocenters. The molecule has 0 saturated carbocycles. The summed E-state index contributed by atoms with van der Waals surface area (Å²) in [6.07, 6.45) is 1.78. The van der Waals surface area contributed by atoms with E-state index in [2.05, 4.69) is 6.07 Å². The van der Waals surface area contributed by atoms with E-state index in [0.717, 1.165) is 27.3 Å². The SMILES string of the molecule is CCOC(=O)Cc1coc2ccc3cc(C#N)ccc3c12. The van der Waals surface area contributed by atoms with Crippen LogP contribution >= 0.6 is 0 Å². The number of ether oxygens (including phenoxy) is 1. The van der Waals surface area contributed by atoms with Gasteiger partial charge in [-0.15, -0.1) is 0 Å². The number of rotatable bonds is 3. The Morgan fingerprint density at radius 1 is 1.33 bits per heavy atom. The number of esters is 1. The minimum absolute atomic E-state index is 0.181. The summed E-state index contributed by atoms with van der Waals surface area (Å²) >= 11 is 0. The number of carbonyl (C=O) groups excluding carboxylic acids is 1. The molecule has 2 aromatic carbocycles. The normalized spacial score (nSPS) is 10.7. The van der Waals surface area contributed by atoms with Crippen molar-refractivity contribution in [2.24, 2.45) is 0 Å². The van der Waals surface area contributed by atoms with Crippen molar-refractivity contribution in [1.82, 2.24) is 0 Å². The van der Waals surface area contributed by atoms with Crippen LogP contribution in [0.5, 0.6) is 0 Å². The van der Waals surface area contributed by atoms with E-state index in [1.54, 1.807) is 19.3 Å². The Morgan fingerprint density at radius 3 is 2.95 bits per heavy atom. The summed E-state index contributed by atoms with van der Waals surface area (Å²) < 4.78 is 10.5. The standard InChI is InChI=1S/C17H13NO3/c1-2-20-16(19)8-13-10-21-15-6-4-12-7-11(9-18)3-5-14(12)17(13)15/h3-7,10H,2,8H2,1H3. The lowest BCUT2D eigenvalue weighted by Gasteiger charge is -2.03. The second-order valence-electron chi connectivity index (χ2n) is 4.73. The van der Waals surface area contributed by atoms with Crippen LogP contribution in [0.25, 0.3) is 21.7 Å². The zero-order chi connectivity index (χ0) is 14.8. The zero-order valence-electron chi connectivity index (χ0n) is 11.6. The van der Waals surface area contributed by atoms with Crippen LogP contribution < -0.4 is 0 Å². The quantitative estimate of drug-likeness (QED) is 0.688. The van der Waals surface area contributed by atoms with Crippen LogP contribution in [0, 0.1) is 11.3 Å². The highest BCUT2D eigenvalue weighted by Gasteiger charge is 2.14. The molecule has 1 heterocycles. The summed E-state index contributed by atoms with van der Waals surface area (Å²) in [6, 6.07) is 11.4. The minimum Gasteiger partial charge on any atom is -0.466 e. The molecule has 0 aliphatic carbocycles. The Hall–Kier alpha value is -2.80. The Balaban J connectivity index is 2.16. The first-order valence-electron chi connectivity index (χ1n) is 6.71. The Labute approximate surface area is 121 Å². The molecule has 4 heteroatoms. The molecule has 0 aliphatic rings. The molecular weight excluding hydrogens is 266 g/mol. The fraction of sp³-hybridized carbons (Fsp3) is 0.176. The maximum Gasteiger partial charge on any atom is 0.310 e. The monoisotopic (exact) mass is 279 g/mol. The molecule has 0 unspecified atom stereocenters. The summed E-state index contributed by atoms with van der Waals surface area (Å²) in [7, 11) is 0. The van der Waals surface area contributed by atoms with Crippen molar-refractivity contribution in [3.8, 4) is 6.07 Å². The van der Waals surface area contributed by atoms with Crippen LogP contribution in [0.15, 0.2) is 41.0 Å². The second kappa shape index (κ2) is 5.29.